The van der Waals surface area contributed by atoms with Crippen LogP contribution in [0.4, 0.5) is 5.82 Å². The fourth-order valence-electron chi connectivity index (χ4n) is 2.65. The molecule has 110 valence electrons. The normalized spacial score (nSPS) is 22.3. The number of nitrogens with zero attached hydrogens (tertiary/aromatic N) is 1. The molecule has 2 unspecified atom stereocenters. The van der Waals surface area contributed by atoms with Crippen molar-refractivity contribution in [2.45, 2.75) is 43.9 Å². The predicted molar refractivity (Wildman–Crippen MR) is 85.4 cm³/mol. The van der Waals surface area contributed by atoms with Crippen molar-refractivity contribution in [3.05, 3.63) is 23.9 Å². The summed E-state index contributed by atoms with van der Waals surface area (Å²) in [5, 5.41) is 6.98. The first-order chi connectivity index (χ1) is 9.74. The lowest BCUT2D eigenvalue weighted by Gasteiger charge is -2.28. The number of carbonyl (C=O) groups is 1. The molecule has 0 aromatic carbocycles. The molecule has 1 aromatic heterocycles. The van der Waals surface area contributed by atoms with Crippen LogP contribution in [0.3, 0.4) is 0 Å². The van der Waals surface area contributed by atoms with Crippen LogP contribution in [0.15, 0.2) is 18.3 Å². The molecule has 4 nitrogen and oxygen atoms in total. The molecular weight excluding hydrogens is 270 g/mol. The Labute approximate surface area is 125 Å². The molecular formula is C15H23N3OS. The van der Waals surface area contributed by atoms with Crippen LogP contribution >= 0.6 is 11.8 Å². The molecule has 2 rings (SSSR count). The smallest absolute Gasteiger partial charge is 0.255 e. The van der Waals surface area contributed by atoms with Gasteiger partial charge in [-0.05, 0) is 44.6 Å². The molecule has 1 heterocycles. The molecule has 1 aromatic rings. The first kappa shape index (κ1) is 15.2. The minimum absolute atomic E-state index is 0.0131. The first-order valence-electron chi connectivity index (χ1n) is 7.27. The minimum Gasteiger partial charge on any atom is -0.370 e. The van der Waals surface area contributed by atoms with E-state index in [1.807, 2.05) is 24.8 Å². The third kappa shape index (κ3) is 3.88. The number of amides is 1. The summed E-state index contributed by atoms with van der Waals surface area (Å²) >= 11 is 1.91. The molecule has 20 heavy (non-hydrogen) atoms. The van der Waals surface area contributed by atoms with E-state index in [-0.39, 0.29) is 5.91 Å². The standard InChI is InChI=1S/C15H23N3OS/c1-3-16-14-13(8-5-9-17-14)15(19)18-11-6-4-7-12(10-11)20-2/h5,8-9,11-12H,3-4,6-7,10H2,1-2H3,(H,16,17)(H,18,19). The van der Waals surface area contributed by atoms with Crippen LogP contribution in [0.25, 0.3) is 0 Å². The fraction of sp³-hybridized carbons (Fsp3) is 0.600. The van der Waals surface area contributed by atoms with E-state index in [1.165, 1.54) is 12.8 Å². The van der Waals surface area contributed by atoms with E-state index in [2.05, 4.69) is 21.9 Å². The van der Waals surface area contributed by atoms with Gasteiger partial charge in [0.2, 0.25) is 0 Å². The number of thioether (sulfide) groups is 1. The third-order valence-corrected chi connectivity index (χ3v) is 4.79. The number of rotatable bonds is 5. The molecule has 1 aliphatic rings. The van der Waals surface area contributed by atoms with Crippen LogP contribution in [-0.2, 0) is 0 Å². The van der Waals surface area contributed by atoms with E-state index >= 15 is 0 Å². The van der Waals surface area contributed by atoms with Crippen molar-refractivity contribution in [3.63, 3.8) is 0 Å². The van der Waals surface area contributed by atoms with Gasteiger partial charge in [-0.2, -0.15) is 11.8 Å². The zero-order valence-corrected chi connectivity index (χ0v) is 13.0. The van der Waals surface area contributed by atoms with Crippen molar-refractivity contribution in [2.75, 3.05) is 18.1 Å². The van der Waals surface area contributed by atoms with Crippen molar-refractivity contribution in [2.24, 2.45) is 0 Å². The van der Waals surface area contributed by atoms with Crippen LogP contribution in [0, 0.1) is 0 Å². The van der Waals surface area contributed by atoms with Crippen molar-refractivity contribution in [3.8, 4) is 0 Å². The summed E-state index contributed by atoms with van der Waals surface area (Å²) in [6.07, 6.45) is 8.48. The highest BCUT2D eigenvalue weighted by Crippen LogP contribution is 2.27. The van der Waals surface area contributed by atoms with E-state index in [9.17, 15) is 4.79 Å². The van der Waals surface area contributed by atoms with Gasteiger partial charge in [0.05, 0.1) is 5.56 Å². The number of carbonyl (C=O) groups excluding carboxylic acids is 1. The Morgan fingerprint density at radius 1 is 1.50 bits per heavy atom. The van der Waals surface area contributed by atoms with Crippen LogP contribution in [0.1, 0.15) is 43.0 Å². The maximum absolute atomic E-state index is 12.4. The zero-order valence-electron chi connectivity index (χ0n) is 12.2. The summed E-state index contributed by atoms with van der Waals surface area (Å²) in [5.74, 6) is 0.658. The number of anilines is 1. The van der Waals surface area contributed by atoms with Gasteiger partial charge in [0, 0.05) is 24.0 Å². The summed E-state index contributed by atoms with van der Waals surface area (Å²) in [5.41, 5.74) is 0.639. The van der Waals surface area contributed by atoms with Crippen molar-refractivity contribution in [1.82, 2.24) is 10.3 Å². The lowest BCUT2D eigenvalue weighted by atomic mass is 9.94. The Hall–Kier alpha value is -1.23. The number of hydrogen-bond donors (Lipinski definition) is 2. The Morgan fingerprint density at radius 3 is 3.10 bits per heavy atom. The molecule has 1 aliphatic carbocycles. The third-order valence-electron chi connectivity index (χ3n) is 3.69. The zero-order chi connectivity index (χ0) is 14.4. The van der Waals surface area contributed by atoms with E-state index in [0.717, 1.165) is 19.4 Å². The van der Waals surface area contributed by atoms with Crippen molar-refractivity contribution >= 4 is 23.5 Å². The van der Waals surface area contributed by atoms with E-state index < -0.39 is 0 Å². The quantitative estimate of drug-likeness (QED) is 0.876. The molecule has 0 saturated heterocycles. The van der Waals surface area contributed by atoms with Crippen LogP contribution in [-0.4, -0.2) is 35.0 Å². The molecule has 1 saturated carbocycles. The van der Waals surface area contributed by atoms with Crippen LogP contribution < -0.4 is 10.6 Å². The van der Waals surface area contributed by atoms with Crippen LogP contribution in [0.2, 0.25) is 0 Å². The van der Waals surface area contributed by atoms with Gasteiger partial charge >= 0.3 is 0 Å². The van der Waals surface area contributed by atoms with Gasteiger partial charge in [-0.1, -0.05) is 6.42 Å². The lowest BCUT2D eigenvalue weighted by molar-refractivity contribution is 0.0929. The first-order valence-corrected chi connectivity index (χ1v) is 8.56. The van der Waals surface area contributed by atoms with Crippen LogP contribution in [0.5, 0.6) is 0 Å². The van der Waals surface area contributed by atoms with Gasteiger partial charge in [0.1, 0.15) is 5.82 Å². The molecule has 2 atom stereocenters. The van der Waals surface area contributed by atoms with Gasteiger partial charge in [-0.3, -0.25) is 4.79 Å². The SMILES string of the molecule is CCNc1ncccc1C(=O)NC1CCCC(SC)C1. The van der Waals surface area contributed by atoms with Crippen molar-refractivity contribution < 1.29 is 4.79 Å². The second-order valence-electron chi connectivity index (χ2n) is 5.12. The highest BCUT2D eigenvalue weighted by molar-refractivity contribution is 7.99. The maximum Gasteiger partial charge on any atom is 0.255 e. The Bertz CT molecular complexity index is 452. The summed E-state index contributed by atoms with van der Waals surface area (Å²) in [6.45, 7) is 2.76. The Morgan fingerprint density at radius 2 is 2.35 bits per heavy atom. The number of hydrogen-bond acceptors (Lipinski definition) is 4. The topological polar surface area (TPSA) is 54.0 Å². The monoisotopic (exact) mass is 293 g/mol. The van der Waals surface area contributed by atoms with E-state index in [0.29, 0.717) is 22.7 Å². The largest absolute Gasteiger partial charge is 0.370 e. The summed E-state index contributed by atoms with van der Waals surface area (Å²) in [6, 6.07) is 3.93. The maximum atomic E-state index is 12.4. The second-order valence-corrected chi connectivity index (χ2v) is 6.26. The van der Waals surface area contributed by atoms with Gasteiger partial charge in [0.15, 0.2) is 0 Å². The van der Waals surface area contributed by atoms with E-state index in [1.54, 1.807) is 12.3 Å². The van der Waals surface area contributed by atoms with Gasteiger partial charge in [0.25, 0.3) is 5.91 Å². The van der Waals surface area contributed by atoms with Crippen molar-refractivity contribution in [1.29, 1.82) is 0 Å². The molecule has 0 radical (unpaired) electrons. The minimum atomic E-state index is -0.0131. The average Bonchev–Trinajstić information content (AvgIpc) is 2.48. The second kappa shape index (κ2) is 7.53. The number of nitrogens with one attached hydrogen (secondary N) is 2. The predicted octanol–water partition coefficient (Wildman–Crippen LogP) is 2.92. The molecule has 5 heteroatoms. The molecule has 0 bridgehead atoms. The van der Waals surface area contributed by atoms with Gasteiger partial charge in [-0.25, -0.2) is 4.98 Å². The average molecular weight is 293 g/mol. The lowest BCUT2D eigenvalue weighted by Crippen LogP contribution is -2.39. The number of pyridine rings is 1. The van der Waals surface area contributed by atoms with Gasteiger partial charge in [-0.15, -0.1) is 0 Å². The Kier molecular flexibility index (Phi) is 5.71. The van der Waals surface area contributed by atoms with Gasteiger partial charge < -0.3 is 10.6 Å². The highest BCUT2D eigenvalue weighted by atomic mass is 32.2. The van der Waals surface area contributed by atoms with E-state index in [4.69, 9.17) is 0 Å². The highest BCUT2D eigenvalue weighted by Gasteiger charge is 2.23. The molecule has 1 amide bonds. The number of aromatic nitrogens is 1. The molecule has 1 fully saturated rings. The Balaban J connectivity index is 2.01. The molecule has 2 N–H and O–H groups in total. The summed E-state index contributed by atoms with van der Waals surface area (Å²) in [4.78, 5) is 16.6. The molecule has 0 aliphatic heterocycles. The summed E-state index contributed by atoms with van der Waals surface area (Å²) < 4.78 is 0. The fourth-order valence-corrected chi connectivity index (χ4v) is 3.48. The summed E-state index contributed by atoms with van der Waals surface area (Å²) in [7, 11) is 0. The molecule has 0 spiro atoms.